The number of carbonyl (C=O) groups is 2. The number of aromatic carboxylic acids is 1. The number of nitrogens with one attached hydrogen (secondary N) is 1. The summed E-state index contributed by atoms with van der Waals surface area (Å²) in [4.78, 5) is 23.3. The quantitative estimate of drug-likeness (QED) is 0.887. The van der Waals surface area contributed by atoms with Crippen molar-refractivity contribution >= 4 is 11.9 Å². The summed E-state index contributed by atoms with van der Waals surface area (Å²) in [6, 6.07) is 8.92. The van der Waals surface area contributed by atoms with Gasteiger partial charge in [-0.2, -0.15) is 0 Å². The molecular weight excluding hydrogens is 282 g/mol. The molecule has 0 aliphatic heterocycles. The zero-order valence-corrected chi connectivity index (χ0v) is 12.8. The molecule has 0 saturated heterocycles. The first kappa shape index (κ1) is 15.8. The number of furan rings is 1. The first-order valence-corrected chi connectivity index (χ1v) is 7.15. The van der Waals surface area contributed by atoms with Gasteiger partial charge in [0.1, 0.15) is 11.3 Å². The molecule has 2 aromatic rings. The fraction of sp³-hybridized carbons (Fsp3) is 0.294. The Morgan fingerprint density at radius 1 is 1.27 bits per heavy atom. The number of carboxylic acids is 1. The number of hydrogen-bond donors (Lipinski definition) is 2. The SMILES string of the molecule is CCc1oc(C(=O)NC(C)c2ccc(C)cc2)cc1C(=O)O. The van der Waals surface area contributed by atoms with Crippen molar-refractivity contribution in [2.24, 2.45) is 0 Å². The van der Waals surface area contributed by atoms with E-state index in [1.165, 1.54) is 6.07 Å². The summed E-state index contributed by atoms with van der Waals surface area (Å²) >= 11 is 0. The van der Waals surface area contributed by atoms with Crippen molar-refractivity contribution in [3.63, 3.8) is 0 Å². The van der Waals surface area contributed by atoms with Crippen LogP contribution in [0.5, 0.6) is 0 Å². The molecule has 0 fully saturated rings. The fourth-order valence-corrected chi connectivity index (χ4v) is 2.19. The first-order chi connectivity index (χ1) is 10.4. The highest BCUT2D eigenvalue weighted by Crippen LogP contribution is 2.18. The third kappa shape index (κ3) is 3.36. The van der Waals surface area contributed by atoms with E-state index >= 15 is 0 Å². The first-order valence-electron chi connectivity index (χ1n) is 7.15. The molecule has 1 atom stereocenters. The van der Waals surface area contributed by atoms with Crippen LogP contribution in [-0.2, 0) is 6.42 Å². The van der Waals surface area contributed by atoms with Gasteiger partial charge >= 0.3 is 5.97 Å². The summed E-state index contributed by atoms with van der Waals surface area (Å²) in [5.74, 6) is -1.18. The number of hydrogen-bond acceptors (Lipinski definition) is 3. The Hall–Kier alpha value is -2.56. The van der Waals surface area contributed by atoms with E-state index in [9.17, 15) is 9.59 Å². The third-order valence-electron chi connectivity index (χ3n) is 3.51. The van der Waals surface area contributed by atoms with Crippen LogP contribution in [0.25, 0.3) is 0 Å². The van der Waals surface area contributed by atoms with Crippen LogP contribution in [0.2, 0.25) is 0 Å². The monoisotopic (exact) mass is 301 g/mol. The number of amides is 1. The van der Waals surface area contributed by atoms with Crippen molar-refractivity contribution in [2.75, 3.05) is 0 Å². The maximum atomic E-state index is 12.2. The Bertz CT molecular complexity index is 685. The van der Waals surface area contributed by atoms with Crippen LogP contribution in [0.3, 0.4) is 0 Å². The molecule has 1 unspecified atom stereocenters. The lowest BCUT2D eigenvalue weighted by Crippen LogP contribution is -2.26. The zero-order chi connectivity index (χ0) is 16.3. The summed E-state index contributed by atoms with van der Waals surface area (Å²) < 4.78 is 5.35. The van der Waals surface area contributed by atoms with Crippen LogP contribution in [0.4, 0.5) is 0 Å². The largest absolute Gasteiger partial charge is 0.478 e. The predicted octanol–water partition coefficient (Wildman–Crippen LogP) is 3.34. The highest BCUT2D eigenvalue weighted by molar-refractivity contribution is 5.96. The topological polar surface area (TPSA) is 79.5 Å². The molecule has 0 radical (unpaired) electrons. The lowest BCUT2D eigenvalue weighted by molar-refractivity contribution is 0.0694. The Kier molecular flexibility index (Phi) is 4.65. The van der Waals surface area contributed by atoms with E-state index in [0.717, 1.165) is 11.1 Å². The van der Waals surface area contributed by atoms with E-state index in [0.29, 0.717) is 12.2 Å². The van der Waals surface area contributed by atoms with Crippen molar-refractivity contribution in [3.8, 4) is 0 Å². The predicted molar refractivity (Wildman–Crippen MR) is 82.1 cm³/mol. The van der Waals surface area contributed by atoms with E-state index in [-0.39, 0.29) is 17.4 Å². The molecule has 2 N–H and O–H groups in total. The third-order valence-corrected chi connectivity index (χ3v) is 3.51. The molecule has 1 heterocycles. The number of benzene rings is 1. The molecule has 0 spiro atoms. The minimum absolute atomic E-state index is 0.0215. The summed E-state index contributed by atoms with van der Waals surface area (Å²) in [6.07, 6.45) is 0.419. The second-order valence-corrected chi connectivity index (χ2v) is 5.21. The van der Waals surface area contributed by atoms with Gasteiger partial charge in [0.25, 0.3) is 5.91 Å². The number of aryl methyl sites for hydroxylation is 2. The van der Waals surface area contributed by atoms with Crippen LogP contribution < -0.4 is 5.32 Å². The van der Waals surface area contributed by atoms with Crippen molar-refractivity contribution in [1.29, 1.82) is 0 Å². The molecule has 0 saturated carbocycles. The molecule has 1 amide bonds. The lowest BCUT2D eigenvalue weighted by Gasteiger charge is -2.13. The van der Waals surface area contributed by atoms with Gasteiger partial charge in [0.15, 0.2) is 5.76 Å². The van der Waals surface area contributed by atoms with Gasteiger partial charge in [-0.25, -0.2) is 4.79 Å². The molecule has 0 aliphatic rings. The molecular formula is C17H19NO4. The smallest absolute Gasteiger partial charge is 0.339 e. The van der Waals surface area contributed by atoms with Crippen molar-refractivity contribution in [2.45, 2.75) is 33.2 Å². The maximum absolute atomic E-state index is 12.2. The van der Waals surface area contributed by atoms with Crippen molar-refractivity contribution in [1.82, 2.24) is 5.32 Å². The Balaban J connectivity index is 2.15. The van der Waals surface area contributed by atoms with E-state index in [1.54, 1.807) is 6.92 Å². The molecule has 5 heteroatoms. The number of carboxylic acid groups (broad SMARTS) is 1. The van der Waals surface area contributed by atoms with E-state index < -0.39 is 11.9 Å². The van der Waals surface area contributed by atoms with Gasteiger partial charge < -0.3 is 14.8 Å². The fourth-order valence-electron chi connectivity index (χ4n) is 2.19. The van der Waals surface area contributed by atoms with Crippen LogP contribution in [0.1, 0.15) is 57.7 Å². The van der Waals surface area contributed by atoms with Gasteiger partial charge in [-0.3, -0.25) is 4.79 Å². The summed E-state index contributed by atoms with van der Waals surface area (Å²) in [6.45, 7) is 5.64. The van der Waals surface area contributed by atoms with E-state index in [4.69, 9.17) is 9.52 Å². The minimum Gasteiger partial charge on any atom is -0.478 e. The van der Waals surface area contributed by atoms with Gasteiger partial charge in [0.2, 0.25) is 0 Å². The normalized spacial score (nSPS) is 12.0. The molecule has 0 bridgehead atoms. The van der Waals surface area contributed by atoms with E-state index in [1.807, 2.05) is 38.1 Å². The second-order valence-electron chi connectivity index (χ2n) is 5.21. The van der Waals surface area contributed by atoms with Crippen LogP contribution in [0, 0.1) is 6.92 Å². The van der Waals surface area contributed by atoms with Gasteiger partial charge in [0.05, 0.1) is 6.04 Å². The average Bonchev–Trinajstić information content (AvgIpc) is 2.92. The molecule has 1 aromatic carbocycles. The average molecular weight is 301 g/mol. The van der Waals surface area contributed by atoms with Crippen LogP contribution >= 0.6 is 0 Å². The second kappa shape index (κ2) is 6.47. The molecule has 116 valence electrons. The Labute approximate surface area is 129 Å². The van der Waals surface area contributed by atoms with E-state index in [2.05, 4.69) is 5.32 Å². The van der Waals surface area contributed by atoms with Gasteiger partial charge in [-0.1, -0.05) is 36.8 Å². The van der Waals surface area contributed by atoms with Gasteiger partial charge in [-0.05, 0) is 19.4 Å². The highest BCUT2D eigenvalue weighted by atomic mass is 16.4. The number of rotatable bonds is 5. The highest BCUT2D eigenvalue weighted by Gasteiger charge is 2.21. The lowest BCUT2D eigenvalue weighted by atomic mass is 10.1. The zero-order valence-electron chi connectivity index (χ0n) is 12.8. The summed E-state index contributed by atoms with van der Waals surface area (Å²) in [7, 11) is 0. The van der Waals surface area contributed by atoms with Crippen molar-refractivity contribution < 1.29 is 19.1 Å². The molecule has 0 aliphatic carbocycles. The van der Waals surface area contributed by atoms with Gasteiger partial charge in [0, 0.05) is 12.5 Å². The van der Waals surface area contributed by atoms with Crippen LogP contribution in [-0.4, -0.2) is 17.0 Å². The molecule has 2 rings (SSSR count). The Morgan fingerprint density at radius 2 is 1.91 bits per heavy atom. The minimum atomic E-state index is -1.09. The van der Waals surface area contributed by atoms with Gasteiger partial charge in [-0.15, -0.1) is 0 Å². The number of carbonyl (C=O) groups excluding carboxylic acids is 1. The summed E-state index contributed by atoms with van der Waals surface area (Å²) in [5, 5.41) is 11.9. The molecule has 5 nitrogen and oxygen atoms in total. The maximum Gasteiger partial charge on any atom is 0.339 e. The molecule has 22 heavy (non-hydrogen) atoms. The summed E-state index contributed by atoms with van der Waals surface area (Å²) in [5.41, 5.74) is 2.15. The van der Waals surface area contributed by atoms with Crippen LogP contribution in [0.15, 0.2) is 34.7 Å². The van der Waals surface area contributed by atoms with Crippen molar-refractivity contribution in [3.05, 3.63) is 58.5 Å². The standard InChI is InChI=1S/C17H19NO4/c1-4-14-13(17(20)21)9-15(22-14)16(19)18-11(3)12-7-5-10(2)6-8-12/h5-9,11H,4H2,1-3H3,(H,18,19)(H,20,21). The molecule has 1 aromatic heterocycles. The Morgan fingerprint density at radius 3 is 2.41 bits per heavy atom.